The molecule has 0 radical (unpaired) electrons. The molecular weight excluding hydrogens is 502 g/mol. The molecule has 2 aromatic heterocycles. The van der Waals surface area contributed by atoms with Crippen molar-refractivity contribution in [2.75, 3.05) is 52.4 Å². The summed E-state index contributed by atoms with van der Waals surface area (Å²) in [5.41, 5.74) is 2.01. The molecule has 4 aromatic rings. The first-order valence-corrected chi connectivity index (χ1v) is 12.7. The molecule has 0 spiro atoms. The molecule has 1 fully saturated rings. The summed E-state index contributed by atoms with van der Waals surface area (Å²) in [4.78, 5) is 10.5. The van der Waals surface area contributed by atoms with E-state index in [0.717, 1.165) is 47.3 Å². The first kappa shape index (κ1) is 24.5. The minimum atomic E-state index is -0.269. The number of benzene rings is 2. The Kier molecular flexibility index (Phi) is 6.83. The maximum Gasteiger partial charge on any atom is 0.230 e. The number of anilines is 1. The number of nitrogens with zero attached hydrogens (tertiary/aromatic N) is 5. The first-order valence-electron chi connectivity index (χ1n) is 11.5. The lowest BCUT2D eigenvalue weighted by atomic mass is 10.0. The van der Waals surface area contributed by atoms with Crippen molar-refractivity contribution in [2.24, 2.45) is 0 Å². The van der Waals surface area contributed by atoms with E-state index in [1.54, 1.807) is 21.3 Å². The highest BCUT2D eigenvalue weighted by Gasteiger charge is 2.33. The summed E-state index contributed by atoms with van der Waals surface area (Å²) in [6, 6.07) is 11.5. The van der Waals surface area contributed by atoms with Gasteiger partial charge >= 0.3 is 0 Å². The molecule has 9 nitrogen and oxygen atoms in total. The number of aromatic hydroxyl groups is 1. The van der Waals surface area contributed by atoms with Gasteiger partial charge in [-0.25, -0.2) is 4.98 Å². The van der Waals surface area contributed by atoms with Gasteiger partial charge in [0.15, 0.2) is 11.5 Å². The highest BCUT2D eigenvalue weighted by molar-refractivity contribution is 7.17. The molecule has 1 aliphatic heterocycles. The number of hydrogen-bond donors (Lipinski definition) is 1. The molecule has 36 heavy (non-hydrogen) atoms. The van der Waals surface area contributed by atoms with E-state index in [2.05, 4.69) is 25.9 Å². The zero-order chi connectivity index (χ0) is 25.4. The van der Waals surface area contributed by atoms with Gasteiger partial charge in [-0.15, -0.1) is 5.10 Å². The first-order chi connectivity index (χ1) is 17.4. The lowest BCUT2D eigenvalue weighted by Crippen LogP contribution is -2.47. The van der Waals surface area contributed by atoms with Crippen LogP contribution >= 0.6 is 22.9 Å². The quantitative estimate of drug-likeness (QED) is 0.377. The second-order valence-corrected chi connectivity index (χ2v) is 9.95. The largest absolute Gasteiger partial charge is 0.493 e. The van der Waals surface area contributed by atoms with Crippen LogP contribution < -0.4 is 19.1 Å². The summed E-state index contributed by atoms with van der Waals surface area (Å²) >= 11 is 7.66. The van der Waals surface area contributed by atoms with Gasteiger partial charge in [-0.1, -0.05) is 29.0 Å². The van der Waals surface area contributed by atoms with Crippen LogP contribution in [0.25, 0.3) is 4.96 Å². The van der Waals surface area contributed by atoms with Crippen molar-refractivity contribution in [3.8, 4) is 23.1 Å². The lowest BCUT2D eigenvalue weighted by Gasteiger charge is -2.40. The highest BCUT2D eigenvalue weighted by Crippen LogP contribution is 2.45. The number of ether oxygens (including phenoxy) is 3. The predicted octanol–water partition coefficient (Wildman–Crippen LogP) is 4.40. The molecule has 1 aliphatic rings. The fourth-order valence-electron chi connectivity index (χ4n) is 4.72. The topological polar surface area (TPSA) is 84.6 Å². The van der Waals surface area contributed by atoms with Crippen molar-refractivity contribution in [1.29, 1.82) is 0 Å². The van der Waals surface area contributed by atoms with E-state index in [1.807, 2.05) is 37.3 Å². The van der Waals surface area contributed by atoms with Crippen LogP contribution in [-0.2, 0) is 0 Å². The van der Waals surface area contributed by atoms with E-state index in [4.69, 9.17) is 25.8 Å². The zero-order valence-corrected chi connectivity index (χ0v) is 22.1. The molecule has 1 atom stereocenters. The van der Waals surface area contributed by atoms with E-state index < -0.39 is 0 Å². The average molecular weight is 530 g/mol. The molecule has 0 amide bonds. The molecule has 0 saturated carbocycles. The molecule has 1 saturated heterocycles. The number of rotatable bonds is 7. The lowest BCUT2D eigenvalue weighted by molar-refractivity contribution is 0.210. The molecular formula is C25H28ClN5O4S. The van der Waals surface area contributed by atoms with E-state index in [-0.39, 0.29) is 11.9 Å². The van der Waals surface area contributed by atoms with Crippen LogP contribution in [0.2, 0.25) is 5.02 Å². The van der Waals surface area contributed by atoms with E-state index in [1.165, 1.54) is 15.9 Å². The van der Waals surface area contributed by atoms with Crippen LogP contribution in [0, 0.1) is 6.92 Å². The van der Waals surface area contributed by atoms with Crippen LogP contribution in [0.5, 0.6) is 23.1 Å². The Balaban J connectivity index is 1.55. The standard InChI is InChI=1S/C25H28ClN5O4S/c1-15-27-25-31(28-15)24(32)23(36-25)21(16-12-19(33-2)22(35-4)20(13-16)34-3)30-10-8-29(9-11-30)18-7-5-6-17(26)14-18/h5-7,12-14,21,32H,8-11H2,1-4H3/t21-/m1/s1. The number of piperazine rings is 1. The van der Waals surface area contributed by atoms with E-state index in [0.29, 0.717) is 28.0 Å². The smallest absolute Gasteiger partial charge is 0.230 e. The summed E-state index contributed by atoms with van der Waals surface area (Å²) in [7, 11) is 4.78. The Labute approximate surface area is 218 Å². The summed E-state index contributed by atoms with van der Waals surface area (Å²) in [6.07, 6.45) is 0. The molecule has 2 aromatic carbocycles. The number of methoxy groups -OCH3 is 3. The molecule has 11 heteroatoms. The number of thiazole rings is 1. The van der Waals surface area contributed by atoms with Gasteiger partial charge in [0.2, 0.25) is 16.6 Å². The Morgan fingerprint density at radius 2 is 1.69 bits per heavy atom. The number of fused-ring (bicyclic) bond motifs is 1. The Hall–Kier alpha value is -3.21. The van der Waals surface area contributed by atoms with Crippen LogP contribution in [0.1, 0.15) is 22.3 Å². The van der Waals surface area contributed by atoms with Crippen LogP contribution in [0.3, 0.4) is 0 Å². The van der Waals surface area contributed by atoms with Crippen molar-refractivity contribution < 1.29 is 19.3 Å². The molecule has 0 bridgehead atoms. The van der Waals surface area contributed by atoms with Crippen LogP contribution in [-0.4, -0.2) is 72.1 Å². The van der Waals surface area contributed by atoms with Crippen molar-refractivity contribution in [3.63, 3.8) is 0 Å². The number of aryl methyl sites for hydroxylation is 1. The van der Waals surface area contributed by atoms with Gasteiger partial charge in [0.25, 0.3) is 0 Å². The number of aromatic nitrogens is 3. The fraction of sp³-hybridized carbons (Fsp3) is 0.360. The van der Waals surface area contributed by atoms with Crippen LogP contribution in [0.4, 0.5) is 5.69 Å². The predicted molar refractivity (Wildman–Crippen MR) is 140 cm³/mol. The highest BCUT2D eigenvalue weighted by atomic mass is 35.5. The van der Waals surface area contributed by atoms with Crippen molar-refractivity contribution >= 4 is 33.6 Å². The minimum absolute atomic E-state index is 0.0895. The number of hydrogen-bond acceptors (Lipinski definition) is 9. The van der Waals surface area contributed by atoms with Gasteiger partial charge in [0.1, 0.15) is 5.82 Å². The molecule has 3 heterocycles. The van der Waals surface area contributed by atoms with Gasteiger partial charge in [0.05, 0.1) is 32.2 Å². The Bertz CT molecular complexity index is 1360. The molecule has 0 aliphatic carbocycles. The Morgan fingerprint density at radius 1 is 1.00 bits per heavy atom. The third kappa shape index (κ3) is 4.40. The molecule has 0 unspecified atom stereocenters. The van der Waals surface area contributed by atoms with Crippen LogP contribution in [0.15, 0.2) is 36.4 Å². The second kappa shape index (κ2) is 10.0. The van der Waals surface area contributed by atoms with Gasteiger partial charge in [0, 0.05) is 36.9 Å². The van der Waals surface area contributed by atoms with Crippen molar-refractivity contribution in [3.05, 3.63) is 57.7 Å². The molecule has 190 valence electrons. The van der Waals surface area contributed by atoms with Gasteiger partial charge in [-0.3, -0.25) is 4.90 Å². The third-order valence-electron chi connectivity index (χ3n) is 6.41. The second-order valence-electron chi connectivity index (χ2n) is 8.51. The minimum Gasteiger partial charge on any atom is -0.493 e. The average Bonchev–Trinajstić information content (AvgIpc) is 3.40. The maximum absolute atomic E-state index is 11.2. The maximum atomic E-state index is 11.2. The fourth-order valence-corrected chi connectivity index (χ4v) is 6.07. The summed E-state index contributed by atoms with van der Waals surface area (Å²) in [5, 5.41) is 16.3. The molecule has 5 rings (SSSR count). The number of halogens is 1. The van der Waals surface area contributed by atoms with Gasteiger partial charge < -0.3 is 24.2 Å². The zero-order valence-electron chi connectivity index (χ0n) is 20.6. The molecule has 1 N–H and O–H groups in total. The van der Waals surface area contributed by atoms with E-state index in [9.17, 15) is 5.11 Å². The normalized spacial score (nSPS) is 15.3. The van der Waals surface area contributed by atoms with Gasteiger partial charge in [-0.2, -0.15) is 4.52 Å². The summed E-state index contributed by atoms with van der Waals surface area (Å²) < 4.78 is 18.3. The SMILES string of the molecule is COc1cc([C@H](c2sc3nc(C)nn3c2O)N2CCN(c3cccc(Cl)c3)CC2)cc(OC)c1OC. The Morgan fingerprint density at radius 3 is 2.28 bits per heavy atom. The summed E-state index contributed by atoms with van der Waals surface area (Å²) in [6.45, 7) is 4.95. The van der Waals surface area contributed by atoms with Crippen molar-refractivity contribution in [1.82, 2.24) is 19.5 Å². The summed E-state index contributed by atoms with van der Waals surface area (Å²) in [5.74, 6) is 2.35. The van der Waals surface area contributed by atoms with Crippen molar-refractivity contribution in [2.45, 2.75) is 13.0 Å². The van der Waals surface area contributed by atoms with Gasteiger partial charge in [-0.05, 0) is 42.8 Å². The third-order valence-corrected chi connectivity index (χ3v) is 7.72. The van der Waals surface area contributed by atoms with E-state index >= 15 is 0 Å². The monoisotopic (exact) mass is 529 g/mol.